The number of nitrogens with zero attached hydrogens (tertiary/aromatic N) is 1. The van der Waals surface area contributed by atoms with E-state index in [0.717, 1.165) is 21.9 Å². The summed E-state index contributed by atoms with van der Waals surface area (Å²) in [5, 5.41) is 4.54. The minimum absolute atomic E-state index is 0.0689. The second-order valence-electron chi connectivity index (χ2n) is 5.72. The number of carbonyl (C=O) groups excluding carboxylic acids is 2. The summed E-state index contributed by atoms with van der Waals surface area (Å²) in [6, 6.07) is 8.18. The van der Waals surface area contributed by atoms with Crippen molar-refractivity contribution in [3.63, 3.8) is 0 Å². The summed E-state index contributed by atoms with van der Waals surface area (Å²) in [4.78, 5) is 25.9. The molecule has 1 aromatic carbocycles. The molecule has 3 rings (SSSR count). The molecule has 0 saturated carbocycles. The molecule has 1 aliphatic heterocycles. The Hall–Kier alpha value is -2.55. The lowest BCUT2D eigenvalue weighted by molar-refractivity contribution is -0.137. The van der Waals surface area contributed by atoms with Crippen LogP contribution in [0.25, 0.3) is 0 Å². The van der Waals surface area contributed by atoms with Crippen LogP contribution in [0.2, 0.25) is 0 Å². The first kappa shape index (κ1) is 18.2. The molecule has 26 heavy (non-hydrogen) atoms. The third kappa shape index (κ3) is 4.34. The van der Waals surface area contributed by atoms with E-state index in [1.165, 1.54) is 23.5 Å². The van der Waals surface area contributed by atoms with Gasteiger partial charge in [-0.2, -0.15) is 13.2 Å². The standard InChI is InChI=1S/C17H15F3N2O3S/c18-17(19,20)11-3-1-4-12(7-11)22-10-13(25-16(22)24)9-21-15(23)8-14-5-2-6-26-14/h1-7,13H,8-10H2,(H,21,23). The Balaban J connectivity index is 1.58. The van der Waals surface area contributed by atoms with Crippen molar-refractivity contribution in [2.75, 3.05) is 18.0 Å². The quantitative estimate of drug-likeness (QED) is 0.859. The fourth-order valence-corrected chi connectivity index (χ4v) is 3.25. The average molecular weight is 384 g/mol. The van der Waals surface area contributed by atoms with E-state index < -0.39 is 23.9 Å². The zero-order valence-corrected chi connectivity index (χ0v) is 14.3. The van der Waals surface area contributed by atoms with Gasteiger partial charge in [0.05, 0.1) is 25.1 Å². The van der Waals surface area contributed by atoms with Crippen molar-refractivity contribution in [3.8, 4) is 0 Å². The van der Waals surface area contributed by atoms with Crippen LogP contribution in [-0.2, 0) is 22.1 Å². The van der Waals surface area contributed by atoms with Gasteiger partial charge in [0.25, 0.3) is 0 Å². The van der Waals surface area contributed by atoms with E-state index in [1.54, 1.807) is 0 Å². The number of benzene rings is 1. The van der Waals surface area contributed by atoms with Crippen LogP contribution >= 0.6 is 11.3 Å². The lowest BCUT2D eigenvalue weighted by Gasteiger charge is -2.15. The summed E-state index contributed by atoms with van der Waals surface area (Å²) in [5.41, 5.74) is -0.729. The summed E-state index contributed by atoms with van der Waals surface area (Å²) in [6.45, 7) is 0.171. The summed E-state index contributed by atoms with van der Waals surface area (Å²) in [5.74, 6) is -0.207. The van der Waals surface area contributed by atoms with Crippen molar-refractivity contribution in [2.45, 2.75) is 18.7 Å². The molecule has 1 N–H and O–H groups in total. The van der Waals surface area contributed by atoms with Crippen LogP contribution in [0.1, 0.15) is 10.4 Å². The van der Waals surface area contributed by atoms with Gasteiger partial charge in [0.15, 0.2) is 0 Å². The minimum atomic E-state index is -4.49. The highest BCUT2D eigenvalue weighted by molar-refractivity contribution is 7.10. The molecule has 1 atom stereocenters. The molecule has 5 nitrogen and oxygen atoms in total. The van der Waals surface area contributed by atoms with Gasteiger partial charge in [-0.15, -0.1) is 11.3 Å². The highest BCUT2D eigenvalue weighted by Gasteiger charge is 2.35. The topological polar surface area (TPSA) is 58.6 Å². The Kier molecular flexibility index (Phi) is 5.17. The normalized spacial score (nSPS) is 17.3. The summed E-state index contributed by atoms with van der Waals surface area (Å²) < 4.78 is 43.6. The Bertz CT molecular complexity index is 793. The van der Waals surface area contributed by atoms with Crippen molar-refractivity contribution >= 4 is 29.0 Å². The molecule has 0 spiro atoms. The van der Waals surface area contributed by atoms with E-state index in [2.05, 4.69) is 5.32 Å². The number of anilines is 1. The van der Waals surface area contributed by atoms with Crippen LogP contribution < -0.4 is 10.2 Å². The zero-order valence-electron chi connectivity index (χ0n) is 13.5. The SMILES string of the molecule is O=C(Cc1cccs1)NCC1CN(c2cccc(C(F)(F)F)c2)C(=O)O1. The molecule has 2 aromatic rings. The van der Waals surface area contributed by atoms with Gasteiger partial charge in [-0.05, 0) is 29.6 Å². The molecule has 0 radical (unpaired) electrons. The Morgan fingerprint density at radius 2 is 2.12 bits per heavy atom. The smallest absolute Gasteiger partial charge is 0.416 e. The van der Waals surface area contributed by atoms with Crippen molar-refractivity contribution < 1.29 is 27.5 Å². The number of nitrogens with one attached hydrogen (secondary N) is 1. The molecule has 0 bridgehead atoms. The van der Waals surface area contributed by atoms with Crippen LogP contribution in [0.3, 0.4) is 0 Å². The largest absolute Gasteiger partial charge is 0.442 e. The lowest BCUT2D eigenvalue weighted by atomic mass is 10.2. The number of amides is 2. The van der Waals surface area contributed by atoms with Crippen LogP contribution in [0.5, 0.6) is 0 Å². The van der Waals surface area contributed by atoms with Crippen molar-refractivity contribution in [1.29, 1.82) is 0 Å². The molecule has 2 amide bonds. The van der Waals surface area contributed by atoms with Crippen molar-refractivity contribution in [3.05, 3.63) is 52.2 Å². The molecular weight excluding hydrogens is 369 g/mol. The average Bonchev–Trinajstić information content (AvgIpc) is 3.22. The van der Waals surface area contributed by atoms with Crippen molar-refractivity contribution in [2.24, 2.45) is 0 Å². The van der Waals surface area contributed by atoms with E-state index >= 15 is 0 Å². The summed E-state index contributed by atoms with van der Waals surface area (Å²) >= 11 is 1.46. The van der Waals surface area contributed by atoms with Gasteiger partial charge in [-0.1, -0.05) is 12.1 Å². The molecule has 138 valence electrons. The number of cyclic esters (lactones) is 1. The molecule has 1 aliphatic rings. The van der Waals surface area contributed by atoms with Crippen molar-refractivity contribution in [1.82, 2.24) is 5.32 Å². The van der Waals surface area contributed by atoms with Gasteiger partial charge in [0.1, 0.15) is 6.10 Å². The number of hydrogen-bond donors (Lipinski definition) is 1. The first-order chi connectivity index (χ1) is 12.3. The van der Waals surface area contributed by atoms with Crippen LogP contribution in [0, 0.1) is 0 Å². The van der Waals surface area contributed by atoms with Crippen LogP contribution in [0.15, 0.2) is 41.8 Å². The Morgan fingerprint density at radius 3 is 2.81 bits per heavy atom. The maximum absolute atomic E-state index is 12.8. The van der Waals surface area contributed by atoms with Gasteiger partial charge >= 0.3 is 12.3 Å². The monoisotopic (exact) mass is 384 g/mol. The predicted octanol–water partition coefficient (Wildman–Crippen LogP) is 3.45. The fourth-order valence-electron chi connectivity index (χ4n) is 2.55. The highest BCUT2D eigenvalue weighted by Crippen LogP contribution is 2.32. The number of rotatable bonds is 5. The minimum Gasteiger partial charge on any atom is -0.442 e. The van der Waals surface area contributed by atoms with E-state index in [-0.39, 0.29) is 31.1 Å². The molecule has 1 saturated heterocycles. The van der Waals surface area contributed by atoms with Gasteiger partial charge in [0.2, 0.25) is 5.91 Å². The van der Waals surface area contributed by atoms with Gasteiger partial charge in [0, 0.05) is 10.6 Å². The van der Waals surface area contributed by atoms with Gasteiger partial charge in [-0.3, -0.25) is 9.69 Å². The Labute approximate surface area is 151 Å². The third-order valence-corrected chi connectivity index (χ3v) is 4.68. The van der Waals surface area contributed by atoms with Crippen LogP contribution in [-0.4, -0.2) is 31.2 Å². The number of carbonyl (C=O) groups is 2. The highest BCUT2D eigenvalue weighted by atomic mass is 32.1. The number of thiophene rings is 1. The fraction of sp³-hybridized carbons (Fsp3) is 0.294. The number of halogens is 3. The number of hydrogen-bond acceptors (Lipinski definition) is 4. The van der Waals surface area contributed by atoms with Crippen LogP contribution in [0.4, 0.5) is 23.7 Å². The molecule has 1 aromatic heterocycles. The van der Waals surface area contributed by atoms with E-state index in [1.807, 2.05) is 17.5 Å². The number of alkyl halides is 3. The Morgan fingerprint density at radius 1 is 1.31 bits per heavy atom. The molecule has 1 fully saturated rings. The van der Waals surface area contributed by atoms with Gasteiger partial charge in [-0.25, -0.2) is 4.79 Å². The summed E-state index contributed by atoms with van der Waals surface area (Å²) in [6.07, 6.45) is -5.61. The maximum Gasteiger partial charge on any atom is 0.416 e. The van der Waals surface area contributed by atoms with Gasteiger partial charge < -0.3 is 10.1 Å². The zero-order chi connectivity index (χ0) is 18.7. The first-order valence-electron chi connectivity index (χ1n) is 7.77. The predicted molar refractivity (Wildman–Crippen MR) is 90.1 cm³/mol. The van der Waals surface area contributed by atoms with E-state index in [0.29, 0.717) is 0 Å². The maximum atomic E-state index is 12.8. The lowest BCUT2D eigenvalue weighted by Crippen LogP contribution is -2.35. The van der Waals surface area contributed by atoms with E-state index in [9.17, 15) is 22.8 Å². The molecule has 9 heteroatoms. The molecule has 1 unspecified atom stereocenters. The summed E-state index contributed by atoms with van der Waals surface area (Å²) in [7, 11) is 0. The second-order valence-corrected chi connectivity index (χ2v) is 6.76. The molecule has 0 aliphatic carbocycles. The first-order valence-corrected chi connectivity index (χ1v) is 8.65. The molecule has 2 heterocycles. The second kappa shape index (κ2) is 7.36. The number of ether oxygens (including phenoxy) is 1. The third-order valence-electron chi connectivity index (χ3n) is 3.80. The molecular formula is C17H15F3N2O3S. The van der Waals surface area contributed by atoms with E-state index in [4.69, 9.17) is 4.74 Å².